The minimum atomic E-state index is -1.03. The van der Waals surface area contributed by atoms with E-state index >= 15 is 0 Å². The molecule has 1 aromatic heterocycles. The van der Waals surface area contributed by atoms with Crippen molar-refractivity contribution in [1.82, 2.24) is 0 Å². The number of furan rings is 1. The van der Waals surface area contributed by atoms with E-state index < -0.39 is 23.5 Å². The zero-order chi connectivity index (χ0) is 27.7. The van der Waals surface area contributed by atoms with E-state index in [9.17, 15) is 14.7 Å². The lowest BCUT2D eigenvalue weighted by Gasteiger charge is -2.28. The van der Waals surface area contributed by atoms with Crippen LogP contribution in [0.1, 0.15) is 29.1 Å². The predicted octanol–water partition coefficient (Wildman–Crippen LogP) is 5.64. The van der Waals surface area contributed by atoms with E-state index in [0.717, 1.165) is 0 Å². The Bertz CT molecular complexity index is 1600. The number of ether oxygens (including phenoxy) is 4. The summed E-state index contributed by atoms with van der Waals surface area (Å²) < 4.78 is 28.0. The number of Topliss-reactive ketones (excluding diaryl/α,β-unsaturated/α-hetero) is 1. The Labute approximate surface area is 224 Å². The Morgan fingerprint density at radius 3 is 2.33 bits per heavy atom. The van der Waals surface area contributed by atoms with Gasteiger partial charge in [-0.05, 0) is 48.9 Å². The van der Waals surface area contributed by atoms with Crippen molar-refractivity contribution in [3.63, 3.8) is 0 Å². The van der Waals surface area contributed by atoms with Gasteiger partial charge in [-0.15, -0.1) is 0 Å². The number of carbonyl (C=O) groups excluding carboxylic acids is 2. The third-order valence-electron chi connectivity index (χ3n) is 6.55. The molecule has 5 rings (SSSR count). The normalized spacial score (nSPS) is 15.1. The Hall–Kier alpha value is -4.92. The molecule has 200 valence electrons. The molecule has 1 aliphatic rings. The van der Waals surface area contributed by atoms with Gasteiger partial charge < -0.3 is 28.5 Å². The van der Waals surface area contributed by atoms with Crippen molar-refractivity contribution in [1.29, 1.82) is 0 Å². The van der Waals surface area contributed by atoms with Gasteiger partial charge in [-0.2, -0.15) is 0 Å². The van der Waals surface area contributed by atoms with E-state index in [1.165, 1.54) is 26.2 Å². The summed E-state index contributed by atoms with van der Waals surface area (Å²) in [6.45, 7) is 2.20. The molecule has 9 heteroatoms. The summed E-state index contributed by atoms with van der Waals surface area (Å²) in [5, 5.41) is 11.8. The summed E-state index contributed by atoms with van der Waals surface area (Å²) in [6.07, 6.45) is 0. The highest BCUT2D eigenvalue weighted by atomic mass is 16.5. The number of carbonyl (C=O) groups is 2. The monoisotopic (exact) mass is 529 g/mol. The zero-order valence-corrected chi connectivity index (χ0v) is 21.9. The van der Waals surface area contributed by atoms with E-state index in [1.54, 1.807) is 66.7 Å². The topological polar surface area (TPSA) is 108 Å². The zero-order valence-electron chi connectivity index (χ0n) is 21.9. The summed E-state index contributed by atoms with van der Waals surface area (Å²) in [4.78, 5) is 29.0. The van der Waals surface area contributed by atoms with Gasteiger partial charge in [0.05, 0.1) is 45.2 Å². The van der Waals surface area contributed by atoms with Crippen molar-refractivity contribution in [2.75, 3.05) is 32.8 Å². The second-order valence-electron chi connectivity index (χ2n) is 8.67. The standard InChI is InChI=1S/C30H27NO8/c1-5-38-23-15-17(13-14-21(23)36-3)26-25(27(32)24-16-18-9-8-12-22(37-4)29(18)39-24)28(33)30(34)31(26)19-10-6-7-11-20(19)35-2/h6-16,26,33H,5H2,1-4H3. The first-order valence-corrected chi connectivity index (χ1v) is 12.2. The van der Waals surface area contributed by atoms with Crippen LogP contribution in [0.15, 0.2) is 82.5 Å². The van der Waals surface area contributed by atoms with Crippen LogP contribution in [0.3, 0.4) is 0 Å². The molecule has 0 aliphatic carbocycles. The molecule has 0 spiro atoms. The molecule has 1 N–H and O–H groups in total. The molecule has 3 aromatic carbocycles. The Kier molecular flexibility index (Phi) is 6.89. The van der Waals surface area contributed by atoms with Crippen LogP contribution in [0.4, 0.5) is 5.69 Å². The average Bonchev–Trinajstić information content (AvgIpc) is 3.51. The van der Waals surface area contributed by atoms with Crippen LogP contribution in [-0.4, -0.2) is 44.7 Å². The van der Waals surface area contributed by atoms with Gasteiger partial charge in [0.15, 0.2) is 34.4 Å². The molecule has 1 atom stereocenters. The van der Waals surface area contributed by atoms with Gasteiger partial charge in [-0.3, -0.25) is 14.5 Å². The van der Waals surface area contributed by atoms with Crippen molar-refractivity contribution in [3.05, 3.63) is 89.4 Å². The van der Waals surface area contributed by atoms with Gasteiger partial charge in [-0.25, -0.2) is 0 Å². The molecule has 39 heavy (non-hydrogen) atoms. The lowest BCUT2D eigenvalue weighted by molar-refractivity contribution is -0.117. The summed E-state index contributed by atoms with van der Waals surface area (Å²) in [5.74, 6) is -0.367. The molecule has 0 bridgehead atoms. The SMILES string of the molecule is CCOc1cc(C2C(C(=O)c3cc4cccc(OC)c4o3)=C(O)C(=O)N2c2ccccc2OC)ccc1OC. The first kappa shape index (κ1) is 25.7. The minimum absolute atomic E-state index is 0.0470. The number of ketones is 1. The molecule has 0 saturated heterocycles. The van der Waals surface area contributed by atoms with Crippen LogP contribution >= 0.6 is 0 Å². The maximum absolute atomic E-state index is 14.0. The van der Waals surface area contributed by atoms with Crippen LogP contribution in [0.5, 0.6) is 23.0 Å². The highest BCUT2D eigenvalue weighted by Gasteiger charge is 2.46. The smallest absolute Gasteiger partial charge is 0.294 e. The Morgan fingerprint density at radius 1 is 0.897 bits per heavy atom. The fourth-order valence-corrected chi connectivity index (χ4v) is 4.80. The molecular weight excluding hydrogens is 502 g/mol. The number of hydrogen-bond donors (Lipinski definition) is 1. The third kappa shape index (κ3) is 4.31. The first-order chi connectivity index (χ1) is 18.9. The quantitative estimate of drug-likeness (QED) is 0.278. The van der Waals surface area contributed by atoms with Crippen molar-refractivity contribution in [3.8, 4) is 23.0 Å². The fraction of sp³-hybridized carbons (Fsp3) is 0.200. The van der Waals surface area contributed by atoms with Crippen LogP contribution in [-0.2, 0) is 4.79 Å². The largest absolute Gasteiger partial charge is 0.503 e. The highest BCUT2D eigenvalue weighted by molar-refractivity contribution is 6.21. The maximum Gasteiger partial charge on any atom is 0.294 e. The molecule has 1 unspecified atom stereocenters. The van der Waals surface area contributed by atoms with E-state index in [1.807, 2.05) is 6.92 Å². The van der Waals surface area contributed by atoms with Gasteiger partial charge >= 0.3 is 0 Å². The molecule has 1 amide bonds. The van der Waals surface area contributed by atoms with E-state index in [-0.39, 0.29) is 11.3 Å². The van der Waals surface area contributed by atoms with E-state index in [0.29, 0.717) is 51.8 Å². The molecular formula is C30H27NO8. The minimum Gasteiger partial charge on any atom is -0.503 e. The van der Waals surface area contributed by atoms with E-state index in [4.69, 9.17) is 23.4 Å². The van der Waals surface area contributed by atoms with Crippen LogP contribution < -0.4 is 23.8 Å². The van der Waals surface area contributed by atoms with Crippen molar-refractivity contribution < 1.29 is 38.1 Å². The number of hydrogen-bond acceptors (Lipinski definition) is 8. The number of fused-ring (bicyclic) bond motifs is 1. The number of aliphatic hydroxyl groups is 1. The van der Waals surface area contributed by atoms with Crippen molar-refractivity contribution in [2.45, 2.75) is 13.0 Å². The highest BCUT2D eigenvalue weighted by Crippen LogP contribution is 2.46. The van der Waals surface area contributed by atoms with Gasteiger partial charge in [0.25, 0.3) is 5.91 Å². The number of benzene rings is 3. The molecule has 0 fully saturated rings. The second kappa shape index (κ2) is 10.4. The van der Waals surface area contributed by atoms with Gasteiger partial charge in [0, 0.05) is 5.39 Å². The molecule has 2 heterocycles. The first-order valence-electron chi connectivity index (χ1n) is 12.2. The number of nitrogens with zero attached hydrogens (tertiary/aromatic N) is 1. The van der Waals surface area contributed by atoms with Gasteiger partial charge in [-0.1, -0.05) is 30.3 Å². The summed E-state index contributed by atoms with van der Waals surface area (Å²) in [5.41, 5.74) is 1.13. The number of methoxy groups -OCH3 is 3. The number of rotatable bonds is 9. The summed E-state index contributed by atoms with van der Waals surface area (Å²) in [6, 6.07) is 17.8. The van der Waals surface area contributed by atoms with Crippen LogP contribution in [0.25, 0.3) is 11.0 Å². The Balaban J connectivity index is 1.70. The number of amides is 1. The van der Waals surface area contributed by atoms with Gasteiger partial charge in [0.2, 0.25) is 5.78 Å². The van der Waals surface area contributed by atoms with Crippen molar-refractivity contribution in [2.24, 2.45) is 0 Å². The van der Waals surface area contributed by atoms with Crippen LogP contribution in [0, 0.1) is 0 Å². The summed E-state index contributed by atoms with van der Waals surface area (Å²) >= 11 is 0. The number of para-hydroxylation sites is 3. The third-order valence-corrected chi connectivity index (χ3v) is 6.55. The maximum atomic E-state index is 14.0. The predicted molar refractivity (Wildman–Crippen MR) is 144 cm³/mol. The van der Waals surface area contributed by atoms with Crippen molar-refractivity contribution >= 4 is 28.3 Å². The Morgan fingerprint density at radius 2 is 1.62 bits per heavy atom. The molecule has 0 radical (unpaired) electrons. The van der Waals surface area contributed by atoms with Gasteiger partial charge in [0.1, 0.15) is 5.75 Å². The fourth-order valence-electron chi connectivity index (χ4n) is 4.80. The molecule has 1 aliphatic heterocycles. The molecule has 4 aromatic rings. The molecule has 0 saturated carbocycles. The lowest BCUT2D eigenvalue weighted by atomic mass is 9.94. The van der Waals surface area contributed by atoms with E-state index in [2.05, 4.69) is 0 Å². The number of aliphatic hydroxyl groups excluding tert-OH is 1. The number of anilines is 1. The molecule has 9 nitrogen and oxygen atoms in total. The second-order valence-corrected chi connectivity index (χ2v) is 8.67. The van der Waals surface area contributed by atoms with Crippen LogP contribution in [0.2, 0.25) is 0 Å². The average molecular weight is 530 g/mol. The summed E-state index contributed by atoms with van der Waals surface area (Å²) in [7, 11) is 4.51. The lowest BCUT2D eigenvalue weighted by Crippen LogP contribution is -2.31.